The van der Waals surface area contributed by atoms with E-state index in [0.29, 0.717) is 0 Å². The molecule has 1 saturated heterocycles. The first kappa shape index (κ1) is 12.5. The van der Waals surface area contributed by atoms with Crippen LogP contribution in [0.3, 0.4) is 0 Å². The number of benzene rings is 1. The Bertz CT molecular complexity index is 361. The maximum absolute atomic E-state index is 12.9. The van der Waals surface area contributed by atoms with Crippen molar-refractivity contribution in [3.63, 3.8) is 0 Å². The molecule has 0 aromatic heterocycles. The first-order chi connectivity index (χ1) is 8.25. The molecule has 1 aromatic carbocycles. The highest BCUT2D eigenvalue weighted by Crippen LogP contribution is 2.15. The molecule has 2 nitrogen and oxygen atoms in total. The Morgan fingerprint density at radius 1 is 1.47 bits per heavy atom. The number of hydrogen-bond donors (Lipinski definition) is 1. The maximum Gasteiger partial charge on any atom is 0.123 e. The van der Waals surface area contributed by atoms with Gasteiger partial charge in [-0.3, -0.25) is 0 Å². The normalized spacial score (nSPS) is 19.8. The van der Waals surface area contributed by atoms with E-state index in [2.05, 4.69) is 5.32 Å². The summed E-state index contributed by atoms with van der Waals surface area (Å²) in [5, 5.41) is 3.41. The van der Waals surface area contributed by atoms with Crippen LogP contribution in [0.2, 0.25) is 0 Å². The Hall–Kier alpha value is -0.930. The van der Waals surface area contributed by atoms with E-state index in [9.17, 15) is 4.39 Å². The minimum Gasteiger partial charge on any atom is -0.381 e. The first-order valence-corrected chi connectivity index (χ1v) is 6.29. The molecule has 3 heteroatoms. The summed E-state index contributed by atoms with van der Waals surface area (Å²) in [6.45, 7) is 5.61. The quantitative estimate of drug-likeness (QED) is 0.795. The van der Waals surface area contributed by atoms with Gasteiger partial charge in [-0.05, 0) is 55.5 Å². The fraction of sp³-hybridized carbons (Fsp3) is 0.571. The van der Waals surface area contributed by atoms with Crippen molar-refractivity contribution in [2.45, 2.75) is 26.3 Å². The zero-order chi connectivity index (χ0) is 12.1. The van der Waals surface area contributed by atoms with E-state index in [1.165, 1.54) is 24.5 Å². The summed E-state index contributed by atoms with van der Waals surface area (Å²) in [6.07, 6.45) is 2.36. The highest BCUT2D eigenvalue weighted by atomic mass is 19.1. The van der Waals surface area contributed by atoms with Crippen LogP contribution < -0.4 is 5.32 Å². The number of halogens is 1. The molecular weight excluding hydrogens is 217 g/mol. The lowest BCUT2D eigenvalue weighted by Crippen LogP contribution is -2.18. The average molecular weight is 237 g/mol. The SMILES string of the molecule is Cc1cc(F)ccc1CNCCC1CCOC1. The summed E-state index contributed by atoms with van der Waals surface area (Å²) in [4.78, 5) is 0. The molecule has 1 aliphatic rings. The summed E-state index contributed by atoms with van der Waals surface area (Å²) in [6, 6.07) is 4.97. The monoisotopic (exact) mass is 237 g/mol. The molecule has 0 aliphatic carbocycles. The van der Waals surface area contributed by atoms with Crippen LogP contribution in [-0.4, -0.2) is 19.8 Å². The van der Waals surface area contributed by atoms with E-state index in [-0.39, 0.29) is 5.82 Å². The zero-order valence-electron chi connectivity index (χ0n) is 10.3. The maximum atomic E-state index is 12.9. The van der Waals surface area contributed by atoms with Crippen LogP contribution in [0.25, 0.3) is 0 Å². The number of aryl methyl sites for hydroxylation is 1. The van der Waals surface area contributed by atoms with E-state index in [0.717, 1.165) is 37.8 Å². The number of ether oxygens (including phenoxy) is 1. The van der Waals surface area contributed by atoms with Crippen molar-refractivity contribution in [1.82, 2.24) is 5.32 Å². The van der Waals surface area contributed by atoms with Crippen molar-refractivity contribution in [2.24, 2.45) is 5.92 Å². The van der Waals surface area contributed by atoms with Gasteiger partial charge in [0.15, 0.2) is 0 Å². The third kappa shape index (κ3) is 3.79. The molecule has 94 valence electrons. The second-order valence-corrected chi connectivity index (χ2v) is 4.77. The molecular formula is C14H20FNO. The van der Waals surface area contributed by atoms with Crippen LogP contribution in [-0.2, 0) is 11.3 Å². The zero-order valence-corrected chi connectivity index (χ0v) is 10.3. The smallest absolute Gasteiger partial charge is 0.123 e. The molecule has 0 saturated carbocycles. The van der Waals surface area contributed by atoms with Gasteiger partial charge < -0.3 is 10.1 Å². The lowest BCUT2D eigenvalue weighted by Gasteiger charge is -2.10. The topological polar surface area (TPSA) is 21.3 Å². The lowest BCUT2D eigenvalue weighted by atomic mass is 10.1. The molecule has 17 heavy (non-hydrogen) atoms. The van der Waals surface area contributed by atoms with Crippen molar-refractivity contribution >= 4 is 0 Å². The number of hydrogen-bond acceptors (Lipinski definition) is 2. The summed E-state index contributed by atoms with van der Waals surface area (Å²) < 4.78 is 18.2. The van der Waals surface area contributed by atoms with Crippen LogP contribution in [0.15, 0.2) is 18.2 Å². The molecule has 1 heterocycles. The first-order valence-electron chi connectivity index (χ1n) is 6.29. The molecule has 1 unspecified atom stereocenters. The fourth-order valence-corrected chi connectivity index (χ4v) is 2.20. The van der Waals surface area contributed by atoms with Crippen molar-refractivity contribution in [2.75, 3.05) is 19.8 Å². The third-order valence-electron chi connectivity index (χ3n) is 3.37. The lowest BCUT2D eigenvalue weighted by molar-refractivity contribution is 0.184. The predicted octanol–water partition coefficient (Wildman–Crippen LogP) is 2.65. The minimum atomic E-state index is -0.158. The summed E-state index contributed by atoms with van der Waals surface area (Å²) >= 11 is 0. The van der Waals surface area contributed by atoms with E-state index in [1.54, 1.807) is 6.07 Å². The van der Waals surface area contributed by atoms with Crippen molar-refractivity contribution in [3.8, 4) is 0 Å². The largest absolute Gasteiger partial charge is 0.381 e. The van der Waals surface area contributed by atoms with E-state index >= 15 is 0 Å². The van der Waals surface area contributed by atoms with Gasteiger partial charge in [-0.25, -0.2) is 4.39 Å². The molecule has 0 bridgehead atoms. The van der Waals surface area contributed by atoms with Crippen molar-refractivity contribution < 1.29 is 9.13 Å². The Kier molecular flexibility index (Phi) is 4.51. The highest BCUT2D eigenvalue weighted by Gasteiger charge is 2.14. The Labute approximate surface area is 102 Å². The minimum absolute atomic E-state index is 0.158. The Morgan fingerprint density at radius 2 is 2.35 bits per heavy atom. The standard InChI is InChI=1S/C14H20FNO/c1-11-8-14(15)3-2-13(11)9-16-6-4-12-5-7-17-10-12/h2-3,8,12,16H,4-7,9-10H2,1H3. The fourth-order valence-electron chi connectivity index (χ4n) is 2.20. The van der Waals surface area contributed by atoms with Gasteiger partial charge in [0.05, 0.1) is 0 Å². The van der Waals surface area contributed by atoms with Gasteiger partial charge in [0.2, 0.25) is 0 Å². The predicted molar refractivity (Wildman–Crippen MR) is 66.4 cm³/mol. The van der Waals surface area contributed by atoms with Crippen LogP contribution in [0.5, 0.6) is 0 Å². The molecule has 0 radical (unpaired) electrons. The average Bonchev–Trinajstić information content (AvgIpc) is 2.79. The second-order valence-electron chi connectivity index (χ2n) is 4.77. The molecule has 0 amide bonds. The van der Waals surface area contributed by atoms with Gasteiger partial charge in [0.1, 0.15) is 5.82 Å². The van der Waals surface area contributed by atoms with Crippen LogP contribution in [0.1, 0.15) is 24.0 Å². The van der Waals surface area contributed by atoms with E-state index < -0.39 is 0 Å². The molecule has 1 aliphatic heterocycles. The Morgan fingerprint density at radius 3 is 3.06 bits per heavy atom. The van der Waals surface area contributed by atoms with Gasteiger partial charge in [0.25, 0.3) is 0 Å². The summed E-state index contributed by atoms with van der Waals surface area (Å²) in [7, 11) is 0. The van der Waals surface area contributed by atoms with E-state index in [1.807, 2.05) is 13.0 Å². The molecule has 1 atom stereocenters. The third-order valence-corrected chi connectivity index (χ3v) is 3.37. The van der Waals surface area contributed by atoms with Crippen LogP contribution in [0.4, 0.5) is 4.39 Å². The van der Waals surface area contributed by atoms with Gasteiger partial charge >= 0.3 is 0 Å². The number of nitrogens with one attached hydrogen (secondary N) is 1. The second kappa shape index (κ2) is 6.12. The molecule has 0 spiro atoms. The van der Waals surface area contributed by atoms with Gasteiger partial charge in [-0.1, -0.05) is 6.07 Å². The van der Waals surface area contributed by atoms with Crippen LogP contribution in [0, 0.1) is 18.7 Å². The van der Waals surface area contributed by atoms with Crippen molar-refractivity contribution in [1.29, 1.82) is 0 Å². The highest BCUT2D eigenvalue weighted by molar-refractivity contribution is 5.26. The summed E-state index contributed by atoms with van der Waals surface area (Å²) in [5.74, 6) is 0.561. The van der Waals surface area contributed by atoms with Gasteiger partial charge in [-0.15, -0.1) is 0 Å². The van der Waals surface area contributed by atoms with Gasteiger partial charge in [0, 0.05) is 19.8 Å². The van der Waals surface area contributed by atoms with E-state index in [4.69, 9.17) is 4.74 Å². The Balaban J connectivity index is 1.70. The molecule has 1 N–H and O–H groups in total. The van der Waals surface area contributed by atoms with Crippen molar-refractivity contribution in [3.05, 3.63) is 35.1 Å². The molecule has 2 rings (SSSR count). The molecule has 1 aromatic rings. The van der Waals surface area contributed by atoms with Crippen LogP contribution >= 0.6 is 0 Å². The molecule has 1 fully saturated rings. The number of rotatable bonds is 5. The van der Waals surface area contributed by atoms with Gasteiger partial charge in [-0.2, -0.15) is 0 Å². The summed E-state index contributed by atoms with van der Waals surface area (Å²) in [5.41, 5.74) is 2.19.